The number of hydrogen-bond donors (Lipinski definition) is 2. The summed E-state index contributed by atoms with van der Waals surface area (Å²) in [7, 11) is 3.18. The molecule has 1 heterocycles. The lowest BCUT2D eigenvalue weighted by molar-refractivity contribution is 0.102. The van der Waals surface area contributed by atoms with Crippen LogP contribution in [0.5, 0.6) is 11.5 Å². The topological polar surface area (TPSA) is 72.5 Å². The van der Waals surface area contributed by atoms with Crippen LogP contribution in [0, 0.1) is 0 Å². The molecule has 3 aromatic rings. The number of hydrogen-bond acceptors (Lipinski definition) is 5. The number of anilines is 3. The molecule has 7 heteroatoms. The summed E-state index contributed by atoms with van der Waals surface area (Å²) in [6.07, 6.45) is 1.57. The number of rotatable bonds is 6. The molecule has 0 fully saturated rings. The SMILES string of the molecule is COc1ccc(Nc2ccc(NC(=O)c3cccc(Cl)c3)cn2)c(OC)c1. The molecule has 0 aliphatic heterocycles. The molecule has 0 aliphatic rings. The second kappa shape index (κ2) is 8.42. The summed E-state index contributed by atoms with van der Waals surface area (Å²) < 4.78 is 10.5. The fourth-order valence-electron chi connectivity index (χ4n) is 2.41. The fraction of sp³-hybridized carbons (Fsp3) is 0.100. The quantitative estimate of drug-likeness (QED) is 0.642. The van der Waals surface area contributed by atoms with Crippen molar-refractivity contribution in [3.8, 4) is 11.5 Å². The monoisotopic (exact) mass is 383 g/mol. The molecule has 2 aromatic carbocycles. The highest BCUT2D eigenvalue weighted by Crippen LogP contribution is 2.31. The number of aromatic nitrogens is 1. The van der Waals surface area contributed by atoms with Crippen molar-refractivity contribution in [1.82, 2.24) is 4.98 Å². The van der Waals surface area contributed by atoms with Gasteiger partial charge in [0.1, 0.15) is 17.3 Å². The highest BCUT2D eigenvalue weighted by Gasteiger charge is 2.08. The zero-order valence-corrected chi connectivity index (χ0v) is 15.6. The summed E-state index contributed by atoms with van der Waals surface area (Å²) in [5, 5.41) is 6.47. The van der Waals surface area contributed by atoms with Crippen LogP contribution in [0.1, 0.15) is 10.4 Å². The molecule has 138 valence electrons. The number of methoxy groups -OCH3 is 2. The first-order valence-corrected chi connectivity index (χ1v) is 8.49. The first-order valence-electron chi connectivity index (χ1n) is 8.11. The molecule has 1 amide bonds. The molecule has 0 atom stereocenters. The largest absolute Gasteiger partial charge is 0.497 e. The van der Waals surface area contributed by atoms with Crippen LogP contribution >= 0.6 is 11.6 Å². The van der Waals surface area contributed by atoms with E-state index in [0.717, 1.165) is 5.69 Å². The van der Waals surface area contributed by atoms with Crippen molar-refractivity contribution < 1.29 is 14.3 Å². The average Bonchev–Trinajstić information content (AvgIpc) is 2.69. The van der Waals surface area contributed by atoms with Crippen LogP contribution < -0.4 is 20.1 Å². The zero-order valence-electron chi connectivity index (χ0n) is 14.8. The van der Waals surface area contributed by atoms with E-state index in [1.165, 1.54) is 0 Å². The second-order valence-electron chi connectivity index (χ2n) is 5.59. The van der Waals surface area contributed by atoms with Crippen LogP contribution in [0.2, 0.25) is 5.02 Å². The normalized spacial score (nSPS) is 10.2. The number of benzene rings is 2. The minimum Gasteiger partial charge on any atom is -0.497 e. The summed E-state index contributed by atoms with van der Waals surface area (Å²) in [5.74, 6) is 1.69. The van der Waals surface area contributed by atoms with Gasteiger partial charge in [0.15, 0.2) is 0 Å². The van der Waals surface area contributed by atoms with Gasteiger partial charge in [0.05, 0.1) is 31.8 Å². The van der Waals surface area contributed by atoms with E-state index in [0.29, 0.717) is 33.6 Å². The van der Waals surface area contributed by atoms with Gasteiger partial charge in [-0.15, -0.1) is 0 Å². The van der Waals surface area contributed by atoms with Crippen LogP contribution in [-0.4, -0.2) is 25.1 Å². The smallest absolute Gasteiger partial charge is 0.255 e. The maximum atomic E-state index is 12.2. The summed E-state index contributed by atoms with van der Waals surface area (Å²) in [4.78, 5) is 16.6. The number of carbonyl (C=O) groups excluding carboxylic acids is 1. The first-order chi connectivity index (χ1) is 13.1. The summed E-state index contributed by atoms with van der Waals surface area (Å²) >= 11 is 5.91. The highest BCUT2D eigenvalue weighted by atomic mass is 35.5. The molecule has 27 heavy (non-hydrogen) atoms. The van der Waals surface area contributed by atoms with Gasteiger partial charge in [-0.05, 0) is 42.5 Å². The van der Waals surface area contributed by atoms with Crippen molar-refractivity contribution in [1.29, 1.82) is 0 Å². The van der Waals surface area contributed by atoms with Crippen molar-refractivity contribution in [2.75, 3.05) is 24.9 Å². The lowest BCUT2D eigenvalue weighted by Gasteiger charge is -2.12. The second-order valence-corrected chi connectivity index (χ2v) is 6.02. The Kier molecular flexibility index (Phi) is 5.78. The zero-order chi connectivity index (χ0) is 19.2. The number of nitrogens with zero attached hydrogens (tertiary/aromatic N) is 1. The molecular formula is C20H18ClN3O3. The molecule has 0 bridgehead atoms. The van der Waals surface area contributed by atoms with Gasteiger partial charge in [-0.2, -0.15) is 0 Å². The van der Waals surface area contributed by atoms with E-state index >= 15 is 0 Å². The van der Waals surface area contributed by atoms with Crippen LogP contribution in [-0.2, 0) is 0 Å². The number of nitrogens with one attached hydrogen (secondary N) is 2. The van der Waals surface area contributed by atoms with Gasteiger partial charge in [0.2, 0.25) is 0 Å². The Morgan fingerprint density at radius 2 is 1.89 bits per heavy atom. The number of halogens is 1. The van der Waals surface area contributed by atoms with E-state index in [2.05, 4.69) is 15.6 Å². The van der Waals surface area contributed by atoms with Gasteiger partial charge < -0.3 is 20.1 Å². The van der Waals surface area contributed by atoms with Crippen molar-refractivity contribution in [3.63, 3.8) is 0 Å². The summed E-state index contributed by atoms with van der Waals surface area (Å²) in [6, 6.07) is 15.7. The van der Waals surface area contributed by atoms with E-state index in [1.54, 1.807) is 62.9 Å². The minimum absolute atomic E-state index is 0.253. The minimum atomic E-state index is -0.253. The van der Waals surface area contributed by atoms with Crippen molar-refractivity contribution in [2.45, 2.75) is 0 Å². The number of amides is 1. The van der Waals surface area contributed by atoms with Gasteiger partial charge in [-0.1, -0.05) is 17.7 Å². The summed E-state index contributed by atoms with van der Waals surface area (Å²) in [6.45, 7) is 0. The third-order valence-electron chi connectivity index (χ3n) is 3.78. The van der Waals surface area contributed by atoms with Gasteiger partial charge in [-0.25, -0.2) is 4.98 Å². The van der Waals surface area contributed by atoms with Crippen LogP contribution in [0.25, 0.3) is 0 Å². The van der Waals surface area contributed by atoms with Crippen LogP contribution in [0.15, 0.2) is 60.8 Å². The third kappa shape index (κ3) is 4.68. The number of carbonyl (C=O) groups is 1. The number of pyridine rings is 1. The van der Waals surface area contributed by atoms with Crippen LogP contribution in [0.3, 0.4) is 0 Å². The van der Waals surface area contributed by atoms with Gasteiger partial charge in [-0.3, -0.25) is 4.79 Å². The van der Waals surface area contributed by atoms with Crippen molar-refractivity contribution in [3.05, 3.63) is 71.4 Å². The van der Waals surface area contributed by atoms with Crippen molar-refractivity contribution >= 4 is 34.7 Å². The Bertz CT molecular complexity index is 945. The molecule has 0 unspecified atom stereocenters. The van der Waals surface area contributed by atoms with Gasteiger partial charge in [0.25, 0.3) is 5.91 Å². The molecule has 0 saturated carbocycles. The van der Waals surface area contributed by atoms with Crippen LogP contribution in [0.4, 0.5) is 17.2 Å². The van der Waals surface area contributed by atoms with E-state index in [1.807, 2.05) is 12.1 Å². The lowest BCUT2D eigenvalue weighted by atomic mass is 10.2. The van der Waals surface area contributed by atoms with E-state index in [-0.39, 0.29) is 5.91 Å². The summed E-state index contributed by atoms with van der Waals surface area (Å²) in [5.41, 5.74) is 1.81. The molecule has 0 saturated heterocycles. The highest BCUT2D eigenvalue weighted by molar-refractivity contribution is 6.31. The Morgan fingerprint density at radius 3 is 2.56 bits per heavy atom. The Balaban J connectivity index is 1.69. The van der Waals surface area contributed by atoms with Crippen molar-refractivity contribution in [2.24, 2.45) is 0 Å². The maximum Gasteiger partial charge on any atom is 0.255 e. The Morgan fingerprint density at radius 1 is 1.04 bits per heavy atom. The molecule has 3 rings (SSSR count). The lowest BCUT2D eigenvalue weighted by Crippen LogP contribution is -2.12. The van der Waals surface area contributed by atoms with E-state index in [9.17, 15) is 4.79 Å². The standard InChI is InChI=1S/C20H18ClN3O3/c1-26-16-7-8-17(18(11-16)27-2)24-19-9-6-15(12-22-19)23-20(25)13-4-3-5-14(21)10-13/h3-12H,1-2H3,(H,22,24)(H,23,25). The molecule has 0 spiro atoms. The predicted octanol–water partition coefficient (Wildman–Crippen LogP) is 4.75. The maximum absolute atomic E-state index is 12.2. The number of ether oxygens (including phenoxy) is 2. The molecule has 1 aromatic heterocycles. The Hall–Kier alpha value is -3.25. The fourth-order valence-corrected chi connectivity index (χ4v) is 2.60. The average molecular weight is 384 g/mol. The van der Waals surface area contributed by atoms with Gasteiger partial charge in [0, 0.05) is 16.7 Å². The molecule has 0 radical (unpaired) electrons. The first kappa shape index (κ1) is 18.5. The van der Waals surface area contributed by atoms with E-state index < -0.39 is 0 Å². The van der Waals surface area contributed by atoms with E-state index in [4.69, 9.17) is 21.1 Å². The predicted molar refractivity (Wildman–Crippen MR) is 106 cm³/mol. The third-order valence-corrected chi connectivity index (χ3v) is 4.01. The molecular weight excluding hydrogens is 366 g/mol. The molecule has 2 N–H and O–H groups in total. The molecule has 6 nitrogen and oxygen atoms in total. The van der Waals surface area contributed by atoms with Gasteiger partial charge >= 0.3 is 0 Å². The molecule has 0 aliphatic carbocycles. The Labute approximate surface area is 162 Å².